The van der Waals surface area contributed by atoms with E-state index in [1.165, 1.54) is 11.3 Å². The number of methoxy groups -OCH3 is 1. The molecule has 2 N–H and O–H groups in total. The molecule has 1 aliphatic heterocycles. The number of hydrogen-bond donors (Lipinski definition) is 1. The number of likely N-dealkylation sites (tertiary alicyclic amines) is 1. The van der Waals surface area contributed by atoms with E-state index >= 15 is 0 Å². The van der Waals surface area contributed by atoms with Crippen molar-refractivity contribution in [3.8, 4) is 0 Å². The van der Waals surface area contributed by atoms with E-state index in [2.05, 4.69) is 9.97 Å². The first-order valence-electron chi connectivity index (χ1n) is 6.51. The Morgan fingerprint density at radius 1 is 1.40 bits per heavy atom. The molecule has 0 spiro atoms. The summed E-state index contributed by atoms with van der Waals surface area (Å²) in [7, 11) is 1.71. The highest BCUT2D eigenvalue weighted by molar-refractivity contribution is 7.21. The zero-order valence-corrected chi connectivity index (χ0v) is 12.0. The van der Waals surface area contributed by atoms with Crippen molar-refractivity contribution in [2.24, 2.45) is 0 Å². The van der Waals surface area contributed by atoms with Crippen LogP contribution in [0.15, 0.2) is 12.4 Å². The van der Waals surface area contributed by atoms with Gasteiger partial charge in [-0.2, -0.15) is 0 Å². The summed E-state index contributed by atoms with van der Waals surface area (Å²) in [5.74, 6) is -0.0261. The highest BCUT2D eigenvalue weighted by atomic mass is 32.1. The normalized spacial score (nSPS) is 16.8. The predicted molar refractivity (Wildman–Crippen MR) is 77.8 cm³/mol. The van der Waals surface area contributed by atoms with Gasteiger partial charge in [-0.25, -0.2) is 9.97 Å². The lowest BCUT2D eigenvalue weighted by Gasteiger charge is -2.31. The monoisotopic (exact) mass is 292 g/mol. The van der Waals surface area contributed by atoms with Crippen molar-refractivity contribution in [3.63, 3.8) is 0 Å². The number of nitrogen functional groups attached to an aromatic ring is 1. The minimum atomic E-state index is -0.0261. The SMILES string of the molecule is COC1CCN(C(=O)c2sc3nccnc3c2N)CC1. The molecule has 0 aromatic carbocycles. The number of hydrogen-bond acceptors (Lipinski definition) is 6. The minimum Gasteiger partial charge on any atom is -0.396 e. The molecule has 0 aliphatic carbocycles. The Balaban J connectivity index is 1.84. The Labute approximate surface area is 120 Å². The highest BCUT2D eigenvalue weighted by Crippen LogP contribution is 2.32. The van der Waals surface area contributed by atoms with E-state index in [4.69, 9.17) is 10.5 Å². The Morgan fingerprint density at radius 2 is 2.10 bits per heavy atom. The van der Waals surface area contributed by atoms with Crippen LogP contribution in [0.1, 0.15) is 22.5 Å². The fraction of sp³-hybridized carbons (Fsp3) is 0.462. The molecule has 0 radical (unpaired) electrons. The molecule has 106 valence electrons. The summed E-state index contributed by atoms with van der Waals surface area (Å²) in [6.07, 6.45) is 5.18. The van der Waals surface area contributed by atoms with Crippen LogP contribution in [0.2, 0.25) is 0 Å². The van der Waals surface area contributed by atoms with Gasteiger partial charge in [0.1, 0.15) is 15.2 Å². The first kappa shape index (κ1) is 13.3. The van der Waals surface area contributed by atoms with Crippen LogP contribution < -0.4 is 5.73 Å². The van der Waals surface area contributed by atoms with Crippen LogP contribution in [0.25, 0.3) is 10.3 Å². The average Bonchev–Trinajstić information content (AvgIpc) is 2.84. The summed E-state index contributed by atoms with van der Waals surface area (Å²) in [6.45, 7) is 1.40. The molecule has 7 heteroatoms. The molecule has 2 aromatic rings. The van der Waals surface area contributed by atoms with E-state index in [0.29, 0.717) is 34.0 Å². The number of carbonyl (C=O) groups is 1. The number of piperidine rings is 1. The van der Waals surface area contributed by atoms with Crippen LogP contribution in [-0.4, -0.2) is 47.1 Å². The Morgan fingerprint density at radius 3 is 2.75 bits per heavy atom. The van der Waals surface area contributed by atoms with Gasteiger partial charge in [0.15, 0.2) is 0 Å². The van der Waals surface area contributed by atoms with Crippen molar-refractivity contribution in [1.82, 2.24) is 14.9 Å². The lowest BCUT2D eigenvalue weighted by Crippen LogP contribution is -2.40. The molecule has 0 atom stereocenters. The number of amides is 1. The molecular weight excluding hydrogens is 276 g/mol. The van der Waals surface area contributed by atoms with Crippen LogP contribution in [0.5, 0.6) is 0 Å². The Bertz CT molecular complexity index is 634. The van der Waals surface area contributed by atoms with E-state index in [1.807, 2.05) is 4.90 Å². The fourth-order valence-electron chi connectivity index (χ4n) is 2.44. The molecule has 1 aliphatic rings. The first-order valence-corrected chi connectivity index (χ1v) is 7.33. The van der Waals surface area contributed by atoms with Crippen LogP contribution in [0.3, 0.4) is 0 Å². The molecule has 3 rings (SSSR count). The van der Waals surface area contributed by atoms with E-state index in [0.717, 1.165) is 12.8 Å². The number of nitrogens with two attached hydrogens (primary N) is 1. The molecular formula is C13H16N4O2S. The van der Waals surface area contributed by atoms with Crippen LogP contribution >= 0.6 is 11.3 Å². The summed E-state index contributed by atoms with van der Waals surface area (Å²) in [4.78, 5) is 24.0. The van der Waals surface area contributed by atoms with Gasteiger partial charge in [-0.3, -0.25) is 4.79 Å². The van der Waals surface area contributed by atoms with Gasteiger partial charge in [0.05, 0.1) is 11.8 Å². The number of ether oxygens (including phenoxy) is 1. The van der Waals surface area contributed by atoms with Gasteiger partial charge in [-0.1, -0.05) is 0 Å². The fourth-order valence-corrected chi connectivity index (χ4v) is 3.43. The molecule has 2 aromatic heterocycles. The highest BCUT2D eigenvalue weighted by Gasteiger charge is 2.27. The zero-order valence-electron chi connectivity index (χ0n) is 11.2. The third-order valence-electron chi connectivity index (χ3n) is 3.62. The summed E-state index contributed by atoms with van der Waals surface area (Å²) in [6, 6.07) is 0. The van der Waals surface area contributed by atoms with Gasteiger partial charge in [0.25, 0.3) is 5.91 Å². The van der Waals surface area contributed by atoms with Crippen molar-refractivity contribution >= 4 is 33.3 Å². The number of aromatic nitrogens is 2. The largest absolute Gasteiger partial charge is 0.396 e. The van der Waals surface area contributed by atoms with E-state index < -0.39 is 0 Å². The van der Waals surface area contributed by atoms with Crippen LogP contribution in [0, 0.1) is 0 Å². The second kappa shape index (κ2) is 5.34. The zero-order chi connectivity index (χ0) is 14.1. The third kappa shape index (κ3) is 2.23. The molecule has 1 saturated heterocycles. The summed E-state index contributed by atoms with van der Waals surface area (Å²) >= 11 is 1.31. The number of rotatable bonds is 2. The van der Waals surface area contributed by atoms with Crippen molar-refractivity contribution in [2.45, 2.75) is 18.9 Å². The standard InChI is InChI=1S/C13H16N4O2S/c1-19-8-2-6-17(7-3-8)13(18)11-9(14)10-12(20-11)16-5-4-15-10/h4-5,8H,2-3,6-7,14H2,1H3. The van der Waals surface area contributed by atoms with E-state index in [1.54, 1.807) is 19.5 Å². The quantitative estimate of drug-likeness (QED) is 0.907. The van der Waals surface area contributed by atoms with Gasteiger partial charge >= 0.3 is 0 Å². The topological polar surface area (TPSA) is 81.3 Å². The number of anilines is 1. The third-order valence-corrected chi connectivity index (χ3v) is 4.71. The first-order chi connectivity index (χ1) is 9.70. The second-order valence-corrected chi connectivity index (χ2v) is 5.78. The molecule has 3 heterocycles. The van der Waals surface area contributed by atoms with Gasteiger partial charge in [0, 0.05) is 32.6 Å². The lowest BCUT2D eigenvalue weighted by molar-refractivity contribution is 0.0354. The molecule has 0 bridgehead atoms. The molecule has 0 saturated carbocycles. The van der Waals surface area contributed by atoms with Crippen molar-refractivity contribution in [1.29, 1.82) is 0 Å². The van der Waals surface area contributed by atoms with Gasteiger partial charge < -0.3 is 15.4 Å². The van der Waals surface area contributed by atoms with Crippen molar-refractivity contribution < 1.29 is 9.53 Å². The van der Waals surface area contributed by atoms with Gasteiger partial charge in [-0.05, 0) is 12.8 Å². The van der Waals surface area contributed by atoms with Crippen molar-refractivity contribution in [3.05, 3.63) is 17.3 Å². The molecule has 1 fully saturated rings. The lowest BCUT2D eigenvalue weighted by atomic mass is 10.1. The van der Waals surface area contributed by atoms with E-state index in [-0.39, 0.29) is 12.0 Å². The number of thiophene rings is 1. The molecule has 20 heavy (non-hydrogen) atoms. The summed E-state index contributed by atoms with van der Waals surface area (Å²) < 4.78 is 5.32. The van der Waals surface area contributed by atoms with Gasteiger partial charge in [0.2, 0.25) is 0 Å². The van der Waals surface area contributed by atoms with Crippen LogP contribution in [0.4, 0.5) is 5.69 Å². The smallest absolute Gasteiger partial charge is 0.266 e. The second-order valence-electron chi connectivity index (χ2n) is 4.78. The number of carbonyl (C=O) groups excluding carboxylic acids is 1. The summed E-state index contributed by atoms with van der Waals surface area (Å²) in [5, 5.41) is 0. The minimum absolute atomic E-state index is 0.0261. The number of nitrogens with zero attached hydrogens (tertiary/aromatic N) is 3. The average molecular weight is 292 g/mol. The Hall–Kier alpha value is -1.73. The maximum atomic E-state index is 12.5. The summed E-state index contributed by atoms with van der Waals surface area (Å²) in [5.41, 5.74) is 7.10. The van der Waals surface area contributed by atoms with Gasteiger partial charge in [-0.15, -0.1) is 11.3 Å². The van der Waals surface area contributed by atoms with E-state index in [9.17, 15) is 4.79 Å². The number of fused-ring (bicyclic) bond motifs is 1. The predicted octanol–water partition coefficient (Wildman–Crippen LogP) is 1.52. The van der Waals surface area contributed by atoms with Crippen LogP contribution in [-0.2, 0) is 4.74 Å². The maximum Gasteiger partial charge on any atom is 0.266 e. The van der Waals surface area contributed by atoms with Crippen molar-refractivity contribution in [2.75, 3.05) is 25.9 Å². The molecule has 0 unspecified atom stereocenters. The molecule has 6 nitrogen and oxygen atoms in total. The Kier molecular flexibility index (Phi) is 3.54. The maximum absolute atomic E-state index is 12.5. The molecule has 1 amide bonds.